The molecule has 1 aliphatic heterocycles. The van der Waals surface area contributed by atoms with Gasteiger partial charge < -0.3 is 15.5 Å². The van der Waals surface area contributed by atoms with Crippen LogP contribution in [0.25, 0.3) is 0 Å². The second-order valence-electron chi connectivity index (χ2n) is 8.30. The lowest BCUT2D eigenvalue weighted by Gasteiger charge is -2.43. The molecule has 1 saturated heterocycles. The number of para-hydroxylation sites is 1. The molecule has 3 amide bonds. The summed E-state index contributed by atoms with van der Waals surface area (Å²) < 4.78 is 0. The van der Waals surface area contributed by atoms with Crippen LogP contribution in [0.3, 0.4) is 0 Å². The van der Waals surface area contributed by atoms with Crippen LogP contribution in [-0.4, -0.2) is 36.5 Å². The van der Waals surface area contributed by atoms with Crippen LogP contribution in [0.5, 0.6) is 0 Å². The molecule has 2 aromatic carbocycles. The number of rotatable bonds is 5. The van der Waals surface area contributed by atoms with Gasteiger partial charge in [-0.25, -0.2) is 4.79 Å². The summed E-state index contributed by atoms with van der Waals surface area (Å²) in [5.41, 5.74) is 2.17. The smallest absolute Gasteiger partial charge is 0.321 e. The zero-order chi connectivity index (χ0) is 20.1. The number of nitrogens with zero attached hydrogens (tertiary/aromatic N) is 1. The molecule has 0 aromatic heterocycles. The van der Waals surface area contributed by atoms with Crippen molar-refractivity contribution in [3.63, 3.8) is 0 Å². The number of amides is 3. The quantitative estimate of drug-likeness (QED) is 0.804. The lowest BCUT2D eigenvalue weighted by molar-refractivity contribution is -0.126. The molecule has 2 fully saturated rings. The third-order valence-corrected chi connectivity index (χ3v) is 6.40. The van der Waals surface area contributed by atoms with Crippen LogP contribution in [-0.2, 0) is 10.2 Å². The average molecular weight is 392 g/mol. The Balaban J connectivity index is 1.32. The minimum absolute atomic E-state index is 0.0735. The van der Waals surface area contributed by atoms with Gasteiger partial charge in [0, 0.05) is 30.7 Å². The Labute approximate surface area is 172 Å². The van der Waals surface area contributed by atoms with E-state index in [2.05, 4.69) is 34.9 Å². The average Bonchev–Trinajstić information content (AvgIpc) is 2.74. The number of benzene rings is 2. The maximum Gasteiger partial charge on any atom is 0.321 e. The Bertz CT molecular complexity index is 834. The zero-order valence-electron chi connectivity index (χ0n) is 16.8. The highest BCUT2D eigenvalue weighted by Gasteiger charge is 2.39. The molecule has 1 unspecified atom stereocenters. The van der Waals surface area contributed by atoms with Gasteiger partial charge in [-0.05, 0) is 43.4 Å². The number of urea groups is 1. The molecule has 2 aliphatic rings. The first kappa shape index (κ1) is 19.5. The molecule has 0 bridgehead atoms. The second kappa shape index (κ2) is 8.68. The van der Waals surface area contributed by atoms with Crippen molar-refractivity contribution in [3.05, 3.63) is 66.2 Å². The molecule has 1 atom stereocenters. The first-order chi connectivity index (χ1) is 14.2. The molecule has 2 aromatic rings. The molecular weight excluding hydrogens is 362 g/mol. The van der Waals surface area contributed by atoms with Crippen molar-refractivity contribution in [2.75, 3.05) is 25.0 Å². The molecule has 5 heteroatoms. The molecule has 0 radical (unpaired) electrons. The van der Waals surface area contributed by atoms with Crippen LogP contribution in [0, 0.1) is 5.92 Å². The van der Waals surface area contributed by atoms with Crippen molar-refractivity contribution >= 4 is 17.6 Å². The van der Waals surface area contributed by atoms with Crippen LogP contribution in [0.2, 0.25) is 0 Å². The third kappa shape index (κ3) is 4.44. The molecule has 1 heterocycles. The minimum atomic E-state index is -0.141. The summed E-state index contributed by atoms with van der Waals surface area (Å²) in [6, 6.07) is 19.8. The van der Waals surface area contributed by atoms with Gasteiger partial charge in [0.1, 0.15) is 0 Å². The number of hydrogen-bond acceptors (Lipinski definition) is 2. The van der Waals surface area contributed by atoms with E-state index >= 15 is 0 Å². The normalized spacial score (nSPS) is 20.4. The van der Waals surface area contributed by atoms with E-state index in [-0.39, 0.29) is 23.3 Å². The summed E-state index contributed by atoms with van der Waals surface area (Å²) >= 11 is 0. The van der Waals surface area contributed by atoms with Gasteiger partial charge in [-0.1, -0.05) is 55.0 Å². The van der Waals surface area contributed by atoms with E-state index in [1.54, 1.807) is 4.90 Å². The number of likely N-dealkylation sites (tertiary alicyclic amines) is 1. The summed E-state index contributed by atoms with van der Waals surface area (Å²) in [7, 11) is 0. The van der Waals surface area contributed by atoms with Gasteiger partial charge in [0.25, 0.3) is 0 Å². The second-order valence-corrected chi connectivity index (χ2v) is 8.30. The third-order valence-electron chi connectivity index (χ3n) is 6.40. The molecule has 1 saturated carbocycles. The van der Waals surface area contributed by atoms with E-state index in [0.717, 1.165) is 31.4 Å². The van der Waals surface area contributed by atoms with Crippen LogP contribution >= 0.6 is 0 Å². The summed E-state index contributed by atoms with van der Waals surface area (Å²) in [4.78, 5) is 27.2. The van der Waals surface area contributed by atoms with E-state index in [1.165, 1.54) is 12.0 Å². The number of hydrogen-bond donors (Lipinski definition) is 2. The molecule has 0 spiro atoms. The minimum Gasteiger partial charge on any atom is -0.355 e. The molecule has 1 aliphatic carbocycles. The van der Waals surface area contributed by atoms with Crippen molar-refractivity contribution in [2.45, 2.75) is 37.5 Å². The van der Waals surface area contributed by atoms with Gasteiger partial charge in [-0.3, -0.25) is 4.79 Å². The molecular formula is C24H29N3O2. The number of carbonyl (C=O) groups excluding carboxylic acids is 2. The predicted molar refractivity (Wildman–Crippen MR) is 115 cm³/mol. The predicted octanol–water partition coefficient (Wildman–Crippen LogP) is 4.17. The van der Waals surface area contributed by atoms with Crippen molar-refractivity contribution in [1.29, 1.82) is 0 Å². The van der Waals surface area contributed by atoms with Gasteiger partial charge in [0.05, 0.1) is 5.92 Å². The summed E-state index contributed by atoms with van der Waals surface area (Å²) in [6.45, 7) is 1.85. The van der Waals surface area contributed by atoms with Crippen molar-refractivity contribution in [2.24, 2.45) is 5.92 Å². The monoisotopic (exact) mass is 391 g/mol. The Hall–Kier alpha value is -2.82. The van der Waals surface area contributed by atoms with Gasteiger partial charge >= 0.3 is 6.03 Å². The maximum absolute atomic E-state index is 12.9. The van der Waals surface area contributed by atoms with Gasteiger partial charge in [-0.15, -0.1) is 0 Å². The Morgan fingerprint density at radius 3 is 2.31 bits per heavy atom. The lowest BCUT2D eigenvalue weighted by atomic mass is 9.64. The summed E-state index contributed by atoms with van der Waals surface area (Å²) in [5.74, 6) is -0.0670. The van der Waals surface area contributed by atoms with Crippen LogP contribution in [0.15, 0.2) is 60.7 Å². The Morgan fingerprint density at radius 1 is 0.966 bits per heavy atom. The first-order valence-electron chi connectivity index (χ1n) is 10.6. The Morgan fingerprint density at radius 2 is 1.66 bits per heavy atom. The number of anilines is 1. The number of piperidine rings is 1. The SMILES string of the molecule is O=C(NCC1(c2ccccc2)CCC1)C1CCCN(C(=O)Nc2ccccc2)C1. The summed E-state index contributed by atoms with van der Waals surface area (Å²) in [6.07, 6.45) is 5.13. The fourth-order valence-electron chi connectivity index (χ4n) is 4.46. The lowest BCUT2D eigenvalue weighted by Crippen LogP contribution is -2.50. The maximum atomic E-state index is 12.9. The van der Waals surface area contributed by atoms with Gasteiger partial charge in [0.15, 0.2) is 0 Å². The topological polar surface area (TPSA) is 61.4 Å². The van der Waals surface area contributed by atoms with Gasteiger partial charge in [0.2, 0.25) is 5.91 Å². The molecule has 5 nitrogen and oxygen atoms in total. The number of carbonyl (C=O) groups is 2. The van der Waals surface area contributed by atoms with Crippen LogP contribution in [0.1, 0.15) is 37.7 Å². The highest BCUT2D eigenvalue weighted by Crippen LogP contribution is 2.43. The van der Waals surface area contributed by atoms with E-state index in [0.29, 0.717) is 19.6 Å². The van der Waals surface area contributed by atoms with Crippen LogP contribution < -0.4 is 10.6 Å². The van der Waals surface area contributed by atoms with Crippen molar-refractivity contribution in [1.82, 2.24) is 10.2 Å². The Kier molecular flexibility index (Phi) is 5.84. The highest BCUT2D eigenvalue weighted by molar-refractivity contribution is 5.90. The fourth-order valence-corrected chi connectivity index (χ4v) is 4.46. The number of nitrogens with one attached hydrogen (secondary N) is 2. The van der Waals surface area contributed by atoms with E-state index in [1.807, 2.05) is 36.4 Å². The molecule has 29 heavy (non-hydrogen) atoms. The van der Waals surface area contributed by atoms with Crippen molar-refractivity contribution < 1.29 is 9.59 Å². The standard InChI is InChI=1S/C24H29N3O2/c28-22(25-18-24(14-8-15-24)20-10-3-1-4-11-20)19-9-7-16-27(17-19)23(29)26-21-12-5-2-6-13-21/h1-6,10-13,19H,7-9,14-18H2,(H,25,28)(H,26,29). The fraction of sp³-hybridized carbons (Fsp3) is 0.417. The largest absolute Gasteiger partial charge is 0.355 e. The van der Waals surface area contributed by atoms with Crippen molar-refractivity contribution in [3.8, 4) is 0 Å². The van der Waals surface area contributed by atoms with E-state index in [9.17, 15) is 9.59 Å². The van der Waals surface area contributed by atoms with E-state index in [4.69, 9.17) is 0 Å². The van der Waals surface area contributed by atoms with Gasteiger partial charge in [-0.2, -0.15) is 0 Å². The van der Waals surface area contributed by atoms with Crippen LogP contribution in [0.4, 0.5) is 10.5 Å². The highest BCUT2D eigenvalue weighted by atomic mass is 16.2. The zero-order valence-corrected chi connectivity index (χ0v) is 16.8. The molecule has 152 valence electrons. The summed E-state index contributed by atoms with van der Waals surface area (Å²) in [5, 5.41) is 6.13. The first-order valence-corrected chi connectivity index (χ1v) is 10.6. The molecule has 2 N–H and O–H groups in total. The van der Waals surface area contributed by atoms with E-state index < -0.39 is 0 Å². The molecule has 4 rings (SSSR count).